The molecule has 0 spiro atoms. The predicted octanol–water partition coefficient (Wildman–Crippen LogP) is 1.64. The molecule has 0 aromatic heterocycles. The number of anilines is 1. The first kappa shape index (κ1) is 14.4. The van der Waals surface area contributed by atoms with Crippen LogP contribution < -0.4 is 15.7 Å². The molecule has 3 rings (SSSR count). The Kier molecular flexibility index (Phi) is 3.75. The first-order valence-corrected chi connectivity index (χ1v) is 7.16. The number of rotatable bonds is 3. The van der Waals surface area contributed by atoms with Gasteiger partial charge in [-0.3, -0.25) is 0 Å². The van der Waals surface area contributed by atoms with Gasteiger partial charge in [-0.2, -0.15) is 4.39 Å². The molecule has 2 N–H and O–H groups in total. The lowest BCUT2D eigenvalue weighted by atomic mass is 10.2. The van der Waals surface area contributed by atoms with Crippen LogP contribution in [0.15, 0.2) is 28.7 Å². The van der Waals surface area contributed by atoms with Gasteiger partial charge in [0, 0.05) is 24.7 Å². The molecule has 0 radical (unpaired) electrons. The number of nitrogens with zero attached hydrogens (tertiary/aromatic N) is 1. The highest BCUT2D eigenvalue weighted by Crippen LogP contribution is 2.27. The molecule has 1 aromatic carbocycles. The van der Waals surface area contributed by atoms with Gasteiger partial charge in [-0.05, 0) is 13.8 Å². The maximum atomic E-state index is 13.9. The maximum Gasteiger partial charge on any atom is 0.238 e. The Balaban J connectivity index is 2.28. The van der Waals surface area contributed by atoms with Crippen molar-refractivity contribution in [2.24, 2.45) is 0 Å². The average Bonchev–Trinajstić information content (AvgIpc) is 2.48. The SMILES string of the molecule is CCNc1cc2oc3cc(=[NH+]CC)c(F)cc-3nc2cc1F. The second-order valence-electron chi connectivity index (χ2n) is 4.87. The zero-order chi connectivity index (χ0) is 15.7. The van der Waals surface area contributed by atoms with E-state index < -0.39 is 11.6 Å². The summed E-state index contributed by atoms with van der Waals surface area (Å²) in [7, 11) is 0. The average molecular weight is 304 g/mol. The summed E-state index contributed by atoms with van der Waals surface area (Å²) in [6, 6.07) is 5.70. The fraction of sp³-hybridized carbons (Fsp3) is 0.250. The van der Waals surface area contributed by atoms with Crippen LogP contribution in [-0.4, -0.2) is 18.1 Å². The Morgan fingerprint density at radius 3 is 2.68 bits per heavy atom. The number of fused-ring (bicyclic) bond motifs is 2. The van der Waals surface area contributed by atoms with Crippen LogP contribution in [0.5, 0.6) is 0 Å². The van der Waals surface area contributed by atoms with Gasteiger partial charge < -0.3 is 9.73 Å². The minimum absolute atomic E-state index is 0.349. The summed E-state index contributed by atoms with van der Waals surface area (Å²) in [5.74, 6) is -0.388. The third kappa shape index (κ3) is 2.52. The summed E-state index contributed by atoms with van der Waals surface area (Å²) in [5.41, 5.74) is 1.50. The summed E-state index contributed by atoms with van der Waals surface area (Å²) in [5, 5.41) is 3.28. The molecule has 0 saturated heterocycles. The molecular weight excluding hydrogens is 288 g/mol. The summed E-state index contributed by atoms with van der Waals surface area (Å²) >= 11 is 0. The molecule has 0 amide bonds. The highest BCUT2D eigenvalue weighted by atomic mass is 19.1. The lowest BCUT2D eigenvalue weighted by Crippen LogP contribution is -2.76. The first-order chi connectivity index (χ1) is 10.6. The van der Waals surface area contributed by atoms with Crippen molar-refractivity contribution in [3.05, 3.63) is 41.3 Å². The Morgan fingerprint density at radius 1 is 1.14 bits per heavy atom. The Hall–Kier alpha value is -2.50. The van der Waals surface area contributed by atoms with Crippen molar-refractivity contribution in [3.8, 4) is 11.5 Å². The van der Waals surface area contributed by atoms with Crippen LogP contribution in [0, 0.1) is 11.6 Å². The van der Waals surface area contributed by atoms with Gasteiger partial charge in [0.2, 0.25) is 5.36 Å². The molecule has 1 aliphatic heterocycles. The molecule has 1 aromatic rings. The van der Waals surface area contributed by atoms with Gasteiger partial charge in [0.25, 0.3) is 0 Å². The summed E-state index contributed by atoms with van der Waals surface area (Å²) in [4.78, 5) is 7.19. The van der Waals surface area contributed by atoms with Gasteiger partial charge in [0.05, 0.1) is 11.8 Å². The van der Waals surface area contributed by atoms with Crippen molar-refractivity contribution in [2.75, 3.05) is 18.4 Å². The molecular formula is C16H16F2N3O+. The third-order valence-electron chi connectivity index (χ3n) is 3.29. The smallest absolute Gasteiger partial charge is 0.238 e. The van der Waals surface area contributed by atoms with Crippen molar-refractivity contribution in [2.45, 2.75) is 13.8 Å². The van der Waals surface area contributed by atoms with Gasteiger partial charge >= 0.3 is 0 Å². The van der Waals surface area contributed by atoms with E-state index >= 15 is 0 Å². The van der Waals surface area contributed by atoms with E-state index in [2.05, 4.69) is 15.3 Å². The Bertz CT molecular complexity index is 873. The molecule has 22 heavy (non-hydrogen) atoms. The lowest BCUT2D eigenvalue weighted by Gasteiger charge is -2.09. The van der Waals surface area contributed by atoms with Gasteiger partial charge in [-0.25, -0.2) is 14.4 Å². The van der Waals surface area contributed by atoms with Gasteiger partial charge in [-0.1, -0.05) is 0 Å². The molecule has 114 valence electrons. The topological polar surface area (TPSA) is 52.0 Å². The Morgan fingerprint density at radius 2 is 1.95 bits per heavy atom. The zero-order valence-corrected chi connectivity index (χ0v) is 12.3. The number of aromatic nitrogens is 1. The van der Waals surface area contributed by atoms with Crippen LogP contribution in [0.4, 0.5) is 14.5 Å². The normalized spacial score (nSPS) is 12.3. The lowest BCUT2D eigenvalue weighted by molar-refractivity contribution is -0.497. The van der Waals surface area contributed by atoms with Crippen molar-refractivity contribution in [3.63, 3.8) is 0 Å². The molecule has 4 nitrogen and oxygen atoms in total. The Labute approximate surface area is 125 Å². The number of halogens is 2. The van der Waals surface area contributed by atoms with E-state index in [1.165, 1.54) is 12.1 Å². The van der Waals surface area contributed by atoms with Crippen LogP contribution >= 0.6 is 0 Å². The molecule has 6 heteroatoms. The molecule has 0 saturated carbocycles. The highest BCUT2D eigenvalue weighted by molar-refractivity contribution is 5.80. The molecule has 0 unspecified atom stereocenters. The van der Waals surface area contributed by atoms with Crippen LogP contribution in [0.3, 0.4) is 0 Å². The van der Waals surface area contributed by atoms with Crippen molar-refractivity contribution in [1.29, 1.82) is 0 Å². The maximum absolute atomic E-state index is 13.9. The summed E-state index contributed by atoms with van der Waals surface area (Å²) in [6.07, 6.45) is 0. The fourth-order valence-corrected chi connectivity index (χ4v) is 2.32. The van der Waals surface area contributed by atoms with Crippen LogP contribution in [0.1, 0.15) is 13.8 Å². The number of hydrogen-bond donors (Lipinski definition) is 2. The quantitative estimate of drug-likeness (QED) is 0.723. The second kappa shape index (κ2) is 5.71. The predicted molar refractivity (Wildman–Crippen MR) is 79.3 cm³/mol. The molecule has 0 atom stereocenters. The molecule has 1 heterocycles. The summed E-state index contributed by atoms with van der Waals surface area (Å²) < 4.78 is 33.6. The van der Waals surface area contributed by atoms with Gasteiger partial charge in [0.15, 0.2) is 17.2 Å². The van der Waals surface area contributed by atoms with E-state index in [1.807, 2.05) is 13.8 Å². The molecule has 0 fully saturated rings. The number of benzene rings is 2. The van der Waals surface area contributed by atoms with E-state index in [9.17, 15) is 8.78 Å². The molecule has 1 aliphatic carbocycles. The molecule has 2 aliphatic rings. The van der Waals surface area contributed by atoms with Crippen LogP contribution in [-0.2, 0) is 0 Å². The zero-order valence-electron chi connectivity index (χ0n) is 12.3. The van der Waals surface area contributed by atoms with E-state index in [4.69, 9.17) is 4.42 Å². The fourth-order valence-electron chi connectivity index (χ4n) is 2.32. The van der Waals surface area contributed by atoms with E-state index in [1.54, 1.807) is 12.1 Å². The van der Waals surface area contributed by atoms with E-state index in [0.29, 0.717) is 46.7 Å². The minimum atomic E-state index is -0.416. The highest BCUT2D eigenvalue weighted by Gasteiger charge is 2.15. The van der Waals surface area contributed by atoms with E-state index in [-0.39, 0.29) is 0 Å². The monoisotopic (exact) mass is 304 g/mol. The molecule has 0 bridgehead atoms. The van der Waals surface area contributed by atoms with Gasteiger partial charge in [0.1, 0.15) is 23.6 Å². The van der Waals surface area contributed by atoms with Crippen LogP contribution in [0.2, 0.25) is 0 Å². The summed E-state index contributed by atoms with van der Waals surface area (Å²) in [6.45, 7) is 4.95. The van der Waals surface area contributed by atoms with Crippen LogP contribution in [0.25, 0.3) is 22.6 Å². The van der Waals surface area contributed by atoms with Gasteiger partial charge in [-0.15, -0.1) is 0 Å². The number of hydrogen-bond acceptors (Lipinski definition) is 3. The second-order valence-corrected chi connectivity index (χ2v) is 4.87. The van der Waals surface area contributed by atoms with Crippen molar-refractivity contribution in [1.82, 2.24) is 4.98 Å². The van der Waals surface area contributed by atoms with E-state index in [0.717, 1.165) is 0 Å². The largest absolute Gasteiger partial charge is 0.452 e. The number of nitrogens with one attached hydrogen (secondary N) is 2. The van der Waals surface area contributed by atoms with Crippen molar-refractivity contribution >= 4 is 16.8 Å². The van der Waals surface area contributed by atoms with Crippen molar-refractivity contribution < 1.29 is 18.2 Å². The standard InChI is InChI=1S/C16H15F2N3O/c1-3-19-11-7-15-13(5-9(11)17)21-14-6-10(18)12(20-4-2)8-16(14)22-15/h5-8,19H,3-4H2,1-2H3/p+1. The first-order valence-electron chi connectivity index (χ1n) is 7.16. The minimum Gasteiger partial charge on any atom is -0.452 e. The third-order valence-corrected chi connectivity index (χ3v) is 3.29.